The Morgan fingerprint density at radius 2 is 1.88 bits per heavy atom. The monoisotopic (exact) mass is 388 g/mol. The number of carbonyl (C=O) groups is 1. The van der Waals surface area contributed by atoms with Crippen LogP contribution in [-0.2, 0) is 11.3 Å². The number of halogens is 1. The van der Waals surface area contributed by atoms with Crippen molar-refractivity contribution in [3.8, 4) is 0 Å². The summed E-state index contributed by atoms with van der Waals surface area (Å²) in [7, 11) is 0. The van der Waals surface area contributed by atoms with Gasteiger partial charge in [0.25, 0.3) is 0 Å². The molecule has 0 spiro atoms. The van der Waals surface area contributed by atoms with Crippen molar-refractivity contribution < 1.29 is 4.79 Å². The van der Waals surface area contributed by atoms with Crippen molar-refractivity contribution in [2.24, 2.45) is 0 Å². The molecular formula is C21H25ClN2OS. The fourth-order valence-corrected chi connectivity index (χ4v) is 4.81. The van der Waals surface area contributed by atoms with Crippen LogP contribution in [0.3, 0.4) is 0 Å². The van der Waals surface area contributed by atoms with Gasteiger partial charge < -0.3 is 10.2 Å². The van der Waals surface area contributed by atoms with E-state index in [-0.39, 0.29) is 24.2 Å². The Balaban J connectivity index is 0.00000196. The lowest BCUT2D eigenvalue weighted by atomic mass is 9.84. The van der Waals surface area contributed by atoms with E-state index in [1.165, 1.54) is 16.7 Å². The van der Waals surface area contributed by atoms with Crippen LogP contribution in [0, 0.1) is 0 Å². The minimum atomic E-state index is 0. The van der Waals surface area contributed by atoms with Crippen molar-refractivity contribution in [2.45, 2.75) is 24.9 Å². The third-order valence-corrected chi connectivity index (χ3v) is 6.30. The number of thioether (sulfide) groups is 1. The number of nitrogens with zero attached hydrogens (tertiary/aromatic N) is 1. The van der Waals surface area contributed by atoms with Gasteiger partial charge in [0.05, 0.1) is 0 Å². The molecule has 2 aromatic rings. The number of amides is 1. The van der Waals surface area contributed by atoms with Gasteiger partial charge in [0.15, 0.2) is 0 Å². The third kappa shape index (κ3) is 4.25. The first-order valence-corrected chi connectivity index (χ1v) is 10.2. The molecule has 0 saturated carbocycles. The summed E-state index contributed by atoms with van der Waals surface area (Å²) >= 11 is 1.94. The lowest BCUT2D eigenvalue weighted by molar-refractivity contribution is -0.132. The Morgan fingerprint density at radius 3 is 2.65 bits per heavy atom. The van der Waals surface area contributed by atoms with E-state index >= 15 is 0 Å². The predicted octanol–water partition coefficient (Wildman–Crippen LogP) is 3.68. The highest BCUT2D eigenvalue weighted by atomic mass is 35.5. The second-order valence-electron chi connectivity index (χ2n) is 6.87. The third-order valence-electron chi connectivity index (χ3n) is 5.17. The van der Waals surface area contributed by atoms with Crippen molar-refractivity contribution in [2.75, 3.05) is 24.6 Å². The topological polar surface area (TPSA) is 32.3 Å². The molecule has 1 fully saturated rings. The zero-order chi connectivity index (χ0) is 17.1. The van der Waals surface area contributed by atoms with Gasteiger partial charge in [-0.15, -0.1) is 12.4 Å². The van der Waals surface area contributed by atoms with E-state index in [4.69, 9.17) is 0 Å². The van der Waals surface area contributed by atoms with Crippen LogP contribution in [0.2, 0.25) is 0 Å². The Labute approximate surface area is 166 Å². The molecule has 0 bridgehead atoms. The number of rotatable bonds is 3. The molecule has 1 amide bonds. The molecule has 4 rings (SSSR count). The summed E-state index contributed by atoms with van der Waals surface area (Å²) in [6, 6.07) is 19.5. The Hall–Kier alpha value is -1.49. The van der Waals surface area contributed by atoms with Crippen LogP contribution < -0.4 is 5.32 Å². The number of carbonyl (C=O) groups excluding carboxylic acids is 1. The number of nitrogens with one attached hydrogen (secondary N) is 1. The molecule has 3 nitrogen and oxygen atoms in total. The van der Waals surface area contributed by atoms with Crippen molar-refractivity contribution in [3.05, 3.63) is 71.3 Å². The van der Waals surface area contributed by atoms with Crippen LogP contribution in [0.4, 0.5) is 0 Å². The maximum atomic E-state index is 12.9. The smallest absolute Gasteiger partial charge is 0.224 e. The molecule has 2 unspecified atom stereocenters. The average molecular weight is 389 g/mol. The summed E-state index contributed by atoms with van der Waals surface area (Å²) in [4.78, 5) is 15.0. The molecule has 138 valence electrons. The molecule has 2 atom stereocenters. The minimum absolute atomic E-state index is 0. The van der Waals surface area contributed by atoms with Gasteiger partial charge in [-0.25, -0.2) is 0 Å². The molecule has 2 aliphatic rings. The highest BCUT2D eigenvalue weighted by molar-refractivity contribution is 7.99. The van der Waals surface area contributed by atoms with Crippen LogP contribution in [0.5, 0.6) is 0 Å². The van der Waals surface area contributed by atoms with Crippen LogP contribution in [0.25, 0.3) is 0 Å². The lowest BCUT2D eigenvalue weighted by Crippen LogP contribution is -2.44. The molecule has 5 heteroatoms. The maximum Gasteiger partial charge on any atom is 0.224 e. The first-order chi connectivity index (χ1) is 12.3. The van der Waals surface area contributed by atoms with Crippen molar-refractivity contribution in [3.63, 3.8) is 0 Å². The Morgan fingerprint density at radius 1 is 1.12 bits per heavy atom. The average Bonchev–Trinajstić information content (AvgIpc) is 2.68. The van der Waals surface area contributed by atoms with Gasteiger partial charge in [0.2, 0.25) is 5.91 Å². The summed E-state index contributed by atoms with van der Waals surface area (Å²) in [5, 5.41) is 3.48. The van der Waals surface area contributed by atoms with Crippen LogP contribution in [0.15, 0.2) is 54.6 Å². The summed E-state index contributed by atoms with van der Waals surface area (Å²) in [5.41, 5.74) is 3.94. The fraction of sp³-hybridized carbons (Fsp3) is 0.381. The van der Waals surface area contributed by atoms with Gasteiger partial charge in [-0.1, -0.05) is 54.6 Å². The van der Waals surface area contributed by atoms with E-state index in [0.29, 0.717) is 12.5 Å². The zero-order valence-corrected chi connectivity index (χ0v) is 16.4. The molecule has 2 aliphatic heterocycles. The number of fused-ring (bicyclic) bond motifs is 1. The summed E-state index contributed by atoms with van der Waals surface area (Å²) < 4.78 is 0. The van der Waals surface area contributed by atoms with E-state index in [1.807, 2.05) is 17.8 Å². The highest BCUT2D eigenvalue weighted by Crippen LogP contribution is 2.33. The maximum absolute atomic E-state index is 12.9. The summed E-state index contributed by atoms with van der Waals surface area (Å²) in [5.74, 6) is 2.73. The molecule has 26 heavy (non-hydrogen) atoms. The summed E-state index contributed by atoms with van der Waals surface area (Å²) in [6.45, 7) is 2.52. The first-order valence-electron chi connectivity index (χ1n) is 9.03. The fourth-order valence-electron chi connectivity index (χ4n) is 3.86. The van der Waals surface area contributed by atoms with E-state index in [0.717, 1.165) is 31.1 Å². The van der Waals surface area contributed by atoms with Crippen molar-refractivity contribution in [1.29, 1.82) is 0 Å². The summed E-state index contributed by atoms with van der Waals surface area (Å²) in [6.07, 6.45) is 0.608. The van der Waals surface area contributed by atoms with Crippen molar-refractivity contribution in [1.82, 2.24) is 10.2 Å². The van der Waals surface area contributed by atoms with Crippen molar-refractivity contribution >= 4 is 30.1 Å². The molecule has 0 aliphatic carbocycles. The molecule has 1 N–H and O–H groups in total. The van der Waals surface area contributed by atoms with Gasteiger partial charge in [-0.3, -0.25) is 4.79 Å². The number of hydrogen-bond acceptors (Lipinski definition) is 3. The van der Waals surface area contributed by atoms with E-state index < -0.39 is 0 Å². The molecular weight excluding hydrogens is 364 g/mol. The van der Waals surface area contributed by atoms with Gasteiger partial charge in [0, 0.05) is 49.5 Å². The van der Waals surface area contributed by atoms with Gasteiger partial charge in [0.1, 0.15) is 0 Å². The van der Waals surface area contributed by atoms with Gasteiger partial charge in [-0.2, -0.15) is 11.8 Å². The molecule has 0 radical (unpaired) electrons. The van der Waals surface area contributed by atoms with E-state index in [2.05, 4.69) is 58.7 Å². The number of benzene rings is 2. The quantitative estimate of drug-likeness (QED) is 0.870. The Kier molecular flexibility index (Phi) is 6.63. The van der Waals surface area contributed by atoms with Crippen LogP contribution in [-0.4, -0.2) is 41.4 Å². The first kappa shape index (κ1) is 19.3. The molecule has 2 heterocycles. The van der Waals surface area contributed by atoms with E-state index in [1.54, 1.807) is 0 Å². The highest BCUT2D eigenvalue weighted by Gasteiger charge is 2.30. The number of hydrogen-bond donors (Lipinski definition) is 1. The lowest BCUT2D eigenvalue weighted by Gasteiger charge is -2.36. The molecule has 1 saturated heterocycles. The van der Waals surface area contributed by atoms with Gasteiger partial charge >= 0.3 is 0 Å². The van der Waals surface area contributed by atoms with Gasteiger partial charge in [-0.05, 0) is 16.7 Å². The zero-order valence-electron chi connectivity index (χ0n) is 14.8. The minimum Gasteiger partial charge on any atom is -0.337 e. The Bertz CT molecular complexity index is 734. The standard InChI is InChI=1S/C21H24N2OS.ClH/c24-21(12-18-15-25-11-10-22-18)23-13-17-8-4-5-9-19(17)20(14-23)16-6-2-1-3-7-16;/h1-9,18,20,22H,10-15H2;1H. The molecule has 0 aromatic heterocycles. The van der Waals surface area contributed by atoms with Crippen LogP contribution in [0.1, 0.15) is 29.0 Å². The van der Waals surface area contributed by atoms with Crippen LogP contribution >= 0.6 is 24.2 Å². The largest absolute Gasteiger partial charge is 0.337 e. The SMILES string of the molecule is Cl.O=C(CC1CSCCN1)N1Cc2ccccc2C(c2ccccc2)C1. The second-order valence-corrected chi connectivity index (χ2v) is 8.02. The normalized spacial score (nSPS) is 22.2. The molecule has 2 aromatic carbocycles. The second kappa shape index (κ2) is 8.94. The predicted molar refractivity (Wildman–Crippen MR) is 111 cm³/mol. The van der Waals surface area contributed by atoms with E-state index in [9.17, 15) is 4.79 Å².